The van der Waals surface area contributed by atoms with Gasteiger partial charge in [-0.3, -0.25) is 62.3 Å². The number of hydrogen-bond acceptors (Lipinski definition) is 15. The summed E-state index contributed by atoms with van der Waals surface area (Å²) < 4.78 is 0. The number of aliphatic hydroxyl groups excluding tert-OH is 2. The van der Waals surface area contributed by atoms with Gasteiger partial charge >= 0.3 is 11.9 Å². The Hall–Kier alpha value is -6.68. The number of nitrogens with one attached hydrogen (secondary N) is 9. The van der Waals surface area contributed by atoms with E-state index in [9.17, 15) is 72.5 Å². The van der Waals surface area contributed by atoms with Gasteiger partial charge in [-0.2, -0.15) is 0 Å². The highest BCUT2D eigenvalue weighted by molar-refractivity contribution is 6.27. The van der Waals surface area contributed by atoms with Crippen molar-refractivity contribution in [1.29, 1.82) is 0 Å². The van der Waals surface area contributed by atoms with Crippen LogP contribution in [0, 0.1) is 17.8 Å². The molecule has 0 fully saturated rings. The van der Waals surface area contributed by atoms with Gasteiger partial charge in [0.25, 0.3) is 0 Å². The summed E-state index contributed by atoms with van der Waals surface area (Å²) in [6, 6.07) is -12.2. The summed E-state index contributed by atoms with van der Waals surface area (Å²) in [5.41, 5.74) is 10.6. The Balaban J connectivity index is 6.03. The SMILES string of the molecule is CC(C)C[C@H](NC(=O)[C@H](CCC(N)=O)NC(=O)[C@H](CO)NC(=O)[C@@H](NC(=O)CNC(=O)[C@@H](NC(=O)[C@@H](NC(=O)[C@H](CCC(=O)O)NC(=O)CCl)[C@@H](C)O)C(C)C)C(C)C)C(=O)N[C@@H](CCC(=O)O)C(N)=O. The number of carbonyl (C=O) groups is 13. The summed E-state index contributed by atoms with van der Waals surface area (Å²) in [7, 11) is 0. The van der Waals surface area contributed by atoms with Crippen LogP contribution in [0.3, 0.4) is 0 Å². The van der Waals surface area contributed by atoms with Crippen LogP contribution in [0.25, 0.3) is 0 Å². The summed E-state index contributed by atoms with van der Waals surface area (Å²) in [6.45, 7) is 8.73. The molecule has 0 heterocycles. The molecule has 0 aliphatic heterocycles. The van der Waals surface area contributed by atoms with E-state index in [4.69, 9.17) is 33.3 Å². The molecule has 0 radical (unpaired) electrons. The number of nitrogens with two attached hydrogens (primary N) is 2. The first-order chi connectivity index (χ1) is 32.9. The van der Waals surface area contributed by atoms with Gasteiger partial charge in [0.05, 0.1) is 19.3 Å². The van der Waals surface area contributed by atoms with Gasteiger partial charge in [0, 0.05) is 19.3 Å². The fourth-order valence-electron chi connectivity index (χ4n) is 6.33. The van der Waals surface area contributed by atoms with Crippen molar-refractivity contribution in [2.45, 2.75) is 148 Å². The summed E-state index contributed by atoms with van der Waals surface area (Å²) in [4.78, 5) is 164. The molecule has 71 heavy (non-hydrogen) atoms. The number of alkyl halides is 1. The smallest absolute Gasteiger partial charge is 0.303 e. The second-order valence-electron chi connectivity index (χ2n) is 17.5. The minimum atomic E-state index is -1.78. The molecule has 0 rings (SSSR count). The summed E-state index contributed by atoms with van der Waals surface area (Å²) >= 11 is 5.49. The molecule has 0 aromatic heterocycles. The van der Waals surface area contributed by atoms with Crippen LogP contribution in [-0.2, 0) is 62.3 Å². The molecule has 0 aliphatic carbocycles. The molecule has 29 heteroatoms. The van der Waals surface area contributed by atoms with Gasteiger partial charge in [-0.25, -0.2) is 0 Å². The average molecular weight is 1040 g/mol. The molecule has 17 N–H and O–H groups in total. The van der Waals surface area contributed by atoms with Crippen molar-refractivity contribution < 1.29 is 82.8 Å². The Bertz CT molecular complexity index is 1920. The molecule has 0 bridgehead atoms. The molecule has 0 aromatic carbocycles. The van der Waals surface area contributed by atoms with Crippen LogP contribution >= 0.6 is 11.6 Å². The Kier molecular flexibility index (Phi) is 29.2. The lowest BCUT2D eigenvalue weighted by atomic mass is 10.0. The molecule has 9 atom stereocenters. The Labute approximate surface area is 414 Å². The number of carboxylic acid groups (broad SMARTS) is 2. The number of aliphatic carboxylic acids is 2. The number of amides is 11. The van der Waals surface area contributed by atoms with Gasteiger partial charge in [0.2, 0.25) is 65.0 Å². The number of aliphatic hydroxyl groups is 2. The van der Waals surface area contributed by atoms with Crippen molar-refractivity contribution in [1.82, 2.24) is 47.9 Å². The first-order valence-electron chi connectivity index (χ1n) is 22.5. The topological polar surface area (TPSA) is 463 Å². The average Bonchev–Trinajstić information content (AvgIpc) is 3.27. The highest BCUT2D eigenvalue weighted by Crippen LogP contribution is 2.10. The molecule has 0 unspecified atom stereocenters. The van der Waals surface area contributed by atoms with Gasteiger partial charge in [-0.15, -0.1) is 11.6 Å². The van der Waals surface area contributed by atoms with Crippen molar-refractivity contribution >= 4 is 88.5 Å². The Morgan fingerprint density at radius 2 is 0.887 bits per heavy atom. The zero-order chi connectivity index (χ0) is 54.9. The van der Waals surface area contributed by atoms with E-state index in [1.54, 1.807) is 13.8 Å². The number of carbonyl (C=O) groups excluding carboxylic acids is 11. The van der Waals surface area contributed by atoms with Crippen molar-refractivity contribution in [3.63, 3.8) is 0 Å². The maximum Gasteiger partial charge on any atom is 0.303 e. The van der Waals surface area contributed by atoms with Crippen LogP contribution in [0.4, 0.5) is 0 Å². The van der Waals surface area contributed by atoms with E-state index in [1.807, 2.05) is 0 Å². The zero-order valence-electron chi connectivity index (χ0n) is 40.6. The second-order valence-corrected chi connectivity index (χ2v) is 17.8. The van der Waals surface area contributed by atoms with Gasteiger partial charge < -0.3 is 79.7 Å². The third-order valence-corrected chi connectivity index (χ3v) is 10.4. The lowest BCUT2D eigenvalue weighted by Crippen LogP contribution is -2.61. The standard InChI is InChI=1S/C42H70ClN11O17/c1-18(2)14-25(38(67)48-22(35(45)64)9-12-30(60)61)50-36(65)24(8-11-27(44)57)49-39(68)26(17-55)51-41(70)33(20(5)6)52-29(59)16-46-40(69)32(19(3)4)53-42(71)34(21(7)56)54-37(66)23(10-13-31(62)63)47-28(58)15-43/h18-26,32-34,55-56H,8-17H2,1-7H3,(H2,44,57)(H2,45,64)(H,46,69)(H,47,58)(H,48,67)(H,49,68)(H,50,65)(H,51,70)(H,52,59)(H,53,71)(H,54,66)(H,60,61)(H,62,63)/t21-,22+,23+,24+,25+,26+,32+,33+,34+/m1/s1. The van der Waals surface area contributed by atoms with Gasteiger partial charge in [0.1, 0.15) is 54.2 Å². The molecule has 0 spiro atoms. The lowest BCUT2D eigenvalue weighted by Gasteiger charge is -2.28. The molecule has 0 saturated carbocycles. The van der Waals surface area contributed by atoms with E-state index in [1.165, 1.54) is 27.7 Å². The minimum absolute atomic E-state index is 0.0274. The number of hydrogen-bond donors (Lipinski definition) is 15. The van der Waals surface area contributed by atoms with Crippen molar-refractivity contribution in [2.24, 2.45) is 29.2 Å². The maximum atomic E-state index is 13.6. The fourth-order valence-corrected chi connectivity index (χ4v) is 6.40. The van der Waals surface area contributed by atoms with Gasteiger partial charge in [0.15, 0.2) is 0 Å². The summed E-state index contributed by atoms with van der Waals surface area (Å²) in [5, 5.41) is 59.4. The molecule has 0 saturated heterocycles. The van der Waals surface area contributed by atoms with Gasteiger partial charge in [-0.05, 0) is 50.4 Å². The number of carboxylic acids is 2. The van der Waals surface area contributed by atoms with Crippen LogP contribution in [0.5, 0.6) is 0 Å². The van der Waals surface area contributed by atoms with E-state index in [0.717, 1.165) is 6.92 Å². The second kappa shape index (κ2) is 32.3. The van der Waals surface area contributed by atoms with Crippen LogP contribution < -0.4 is 59.3 Å². The molecule has 0 aliphatic rings. The summed E-state index contributed by atoms with van der Waals surface area (Å²) in [5.74, 6) is -15.6. The third kappa shape index (κ3) is 25.1. The van der Waals surface area contributed by atoms with Crippen LogP contribution in [0.15, 0.2) is 0 Å². The largest absolute Gasteiger partial charge is 0.481 e. The normalized spacial score (nSPS) is 14.9. The molecule has 28 nitrogen and oxygen atoms in total. The number of rotatable bonds is 34. The molecular formula is C42H70ClN11O17. The van der Waals surface area contributed by atoms with E-state index in [-0.39, 0.29) is 18.8 Å². The Morgan fingerprint density at radius 1 is 0.479 bits per heavy atom. The quantitative estimate of drug-likeness (QED) is 0.0267. The lowest BCUT2D eigenvalue weighted by molar-refractivity contribution is -0.139. The van der Waals surface area contributed by atoms with Crippen LogP contribution in [0.2, 0.25) is 0 Å². The van der Waals surface area contributed by atoms with Crippen LogP contribution in [-0.4, -0.2) is 171 Å². The third-order valence-electron chi connectivity index (χ3n) is 10.2. The monoisotopic (exact) mass is 1040 g/mol. The maximum absolute atomic E-state index is 13.6. The number of halogens is 1. The van der Waals surface area contributed by atoms with Crippen molar-refractivity contribution in [3.8, 4) is 0 Å². The highest BCUT2D eigenvalue weighted by Gasteiger charge is 2.36. The van der Waals surface area contributed by atoms with E-state index in [2.05, 4.69) is 47.9 Å². The first kappa shape index (κ1) is 64.3. The minimum Gasteiger partial charge on any atom is -0.481 e. The molecular weight excluding hydrogens is 966 g/mol. The van der Waals surface area contributed by atoms with Crippen LogP contribution in [0.1, 0.15) is 93.4 Å². The van der Waals surface area contributed by atoms with E-state index in [0.29, 0.717) is 0 Å². The van der Waals surface area contributed by atoms with Gasteiger partial charge in [-0.1, -0.05) is 41.5 Å². The highest BCUT2D eigenvalue weighted by atomic mass is 35.5. The predicted octanol–water partition coefficient (Wildman–Crippen LogP) is -5.57. The summed E-state index contributed by atoms with van der Waals surface area (Å²) in [6.07, 6.45) is -4.34. The number of primary amides is 2. The Morgan fingerprint density at radius 3 is 1.35 bits per heavy atom. The molecule has 0 aromatic rings. The first-order valence-corrected chi connectivity index (χ1v) is 23.0. The van der Waals surface area contributed by atoms with E-state index < -0.39 is 194 Å². The molecule has 11 amide bonds. The predicted molar refractivity (Wildman–Crippen MR) is 248 cm³/mol. The zero-order valence-corrected chi connectivity index (χ0v) is 41.4. The van der Waals surface area contributed by atoms with Crippen molar-refractivity contribution in [2.75, 3.05) is 19.0 Å². The fraction of sp³-hybridized carbons (Fsp3) is 0.690. The van der Waals surface area contributed by atoms with E-state index >= 15 is 0 Å². The molecule has 402 valence electrons. The van der Waals surface area contributed by atoms with Crippen molar-refractivity contribution in [3.05, 3.63) is 0 Å².